The lowest BCUT2D eigenvalue weighted by atomic mass is 9.92. The Labute approximate surface area is 117 Å². The zero-order chi connectivity index (χ0) is 13.9. The van der Waals surface area contributed by atoms with Gasteiger partial charge in [0.1, 0.15) is 5.52 Å². The number of nitrogens with zero attached hydrogens (tertiary/aromatic N) is 2. The molecular weight excluding hydrogens is 254 g/mol. The van der Waals surface area contributed by atoms with Gasteiger partial charge in [-0.3, -0.25) is 14.8 Å². The summed E-state index contributed by atoms with van der Waals surface area (Å²) in [5.41, 5.74) is 1.80. The molecule has 0 spiro atoms. The molecule has 0 radical (unpaired) electrons. The van der Waals surface area contributed by atoms with Gasteiger partial charge in [-0.05, 0) is 25.0 Å². The summed E-state index contributed by atoms with van der Waals surface area (Å²) in [5.74, 6) is -0.193. The Bertz CT molecular complexity index is 624. The van der Waals surface area contributed by atoms with E-state index >= 15 is 0 Å². The van der Waals surface area contributed by atoms with Crippen LogP contribution in [-0.4, -0.2) is 33.1 Å². The lowest BCUT2D eigenvalue weighted by Crippen LogP contribution is -2.45. The highest BCUT2D eigenvalue weighted by molar-refractivity contribution is 6.04. The Morgan fingerprint density at radius 3 is 2.85 bits per heavy atom. The minimum Gasteiger partial charge on any atom is -0.391 e. The predicted molar refractivity (Wildman–Crippen MR) is 75.3 cm³/mol. The highest BCUT2D eigenvalue weighted by Gasteiger charge is 2.25. The quantitative estimate of drug-likeness (QED) is 0.871. The van der Waals surface area contributed by atoms with Gasteiger partial charge in [0.15, 0.2) is 0 Å². The number of aliphatic hydroxyl groups is 1. The number of hydrogen-bond acceptors (Lipinski definition) is 4. The van der Waals surface area contributed by atoms with Crippen molar-refractivity contribution in [3.63, 3.8) is 0 Å². The van der Waals surface area contributed by atoms with Crippen LogP contribution in [0.1, 0.15) is 36.0 Å². The molecule has 20 heavy (non-hydrogen) atoms. The van der Waals surface area contributed by atoms with E-state index < -0.39 is 6.10 Å². The standard InChI is InChI=1S/C15H17N3O2/c19-13-7-2-1-5-11(13)18-15(20)10-4-3-6-12-14(10)17-9-8-16-12/h3-4,6,8-9,11,13,19H,1-2,5,7H2,(H,18,20)/t11-,13-/m1/s1. The van der Waals surface area contributed by atoms with Crippen molar-refractivity contribution in [3.05, 3.63) is 36.2 Å². The van der Waals surface area contributed by atoms with Crippen LogP contribution >= 0.6 is 0 Å². The molecule has 1 heterocycles. The van der Waals surface area contributed by atoms with E-state index in [0.717, 1.165) is 25.7 Å². The maximum atomic E-state index is 12.4. The van der Waals surface area contributed by atoms with Gasteiger partial charge >= 0.3 is 0 Å². The number of rotatable bonds is 2. The maximum Gasteiger partial charge on any atom is 0.253 e. The molecule has 0 unspecified atom stereocenters. The third-order valence-electron chi connectivity index (χ3n) is 3.79. The van der Waals surface area contributed by atoms with Gasteiger partial charge in [0.25, 0.3) is 5.91 Å². The summed E-state index contributed by atoms with van der Waals surface area (Å²) in [6, 6.07) is 5.20. The first kappa shape index (κ1) is 13.0. The molecule has 1 fully saturated rings. The maximum absolute atomic E-state index is 12.4. The number of carbonyl (C=O) groups is 1. The molecule has 1 aromatic carbocycles. The number of para-hydroxylation sites is 1. The van der Waals surface area contributed by atoms with E-state index in [-0.39, 0.29) is 11.9 Å². The van der Waals surface area contributed by atoms with Crippen LogP contribution in [0.3, 0.4) is 0 Å². The van der Waals surface area contributed by atoms with Gasteiger partial charge in [-0.25, -0.2) is 0 Å². The number of amides is 1. The van der Waals surface area contributed by atoms with E-state index in [1.54, 1.807) is 24.5 Å². The second kappa shape index (κ2) is 5.54. The van der Waals surface area contributed by atoms with E-state index in [1.165, 1.54) is 0 Å². The normalized spacial score (nSPS) is 22.6. The van der Waals surface area contributed by atoms with Gasteiger partial charge in [-0.15, -0.1) is 0 Å². The molecular formula is C15H17N3O2. The number of carbonyl (C=O) groups excluding carboxylic acids is 1. The first-order valence-electron chi connectivity index (χ1n) is 6.94. The second-order valence-electron chi connectivity index (χ2n) is 5.16. The summed E-state index contributed by atoms with van der Waals surface area (Å²) in [5, 5.41) is 12.9. The number of aromatic nitrogens is 2. The van der Waals surface area contributed by atoms with Crippen molar-refractivity contribution in [1.82, 2.24) is 15.3 Å². The van der Waals surface area contributed by atoms with Crippen LogP contribution in [-0.2, 0) is 0 Å². The van der Waals surface area contributed by atoms with Crippen LogP contribution in [0.5, 0.6) is 0 Å². The zero-order valence-electron chi connectivity index (χ0n) is 11.1. The first-order chi connectivity index (χ1) is 9.75. The Morgan fingerprint density at radius 1 is 1.20 bits per heavy atom. The number of fused-ring (bicyclic) bond motifs is 1. The topological polar surface area (TPSA) is 75.1 Å². The van der Waals surface area contributed by atoms with Crippen molar-refractivity contribution >= 4 is 16.9 Å². The molecule has 1 aliphatic carbocycles. The molecule has 2 N–H and O–H groups in total. The summed E-state index contributed by atoms with van der Waals surface area (Å²) in [7, 11) is 0. The largest absolute Gasteiger partial charge is 0.391 e. The zero-order valence-corrected chi connectivity index (χ0v) is 11.1. The summed E-state index contributed by atoms with van der Waals surface area (Å²) >= 11 is 0. The molecule has 0 saturated heterocycles. The third-order valence-corrected chi connectivity index (χ3v) is 3.79. The Morgan fingerprint density at radius 2 is 2.00 bits per heavy atom. The van der Waals surface area contributed by atoms with Crippen molar-refractivity contribution < 1.29 is 9.90 Å². The molecule has 3 rings (SSSR count). The molecule has 1 aliphatic rings. The summed E-state index contributed by atoms with van der Waals surface area (Å²) in [6.07, 6.45) is 6.37. The van der Waals surface area contributed by atoms with Gasteiger partial charge in [0.05, 0.1) is 23.2 Å². The average Bonchev–Trinajstić information content (AvgIpc) is 2.49. The van der Waals surface area contributed by atoms with Crippen molar-refractivity contribution in [2.75, 3.05) is 0 Å². The number of benzene rings is 1. The number of nitrogens with one attached hydrogen (secondary N) is 1. The molecule has 2 atom stereocenters. The highest BCUT2D eigenvalue weighted by Crippen LogP contribution is 2.20. The van der Waals surface area contributed by atoms with E-state index in [2.05, 4.69) is 15.3 Å². The van der Waals surface area contributed by atoms with Gasteiger partial charge in [-0.2, -0.15) is 0 Å². The fourth-order valence-electron chi connectivity index (χ4n) is 2.70. The number of aliphatic hydroxyl groups excluding tert-OH is 1. The molecule has 2 aromatic rings. The molecule has 1 amide bonds. The van der Waals surface area contributed by atoms with Gasteiger partial charge in [0.2, 0.25) is 0 Å². The van der Waals surface area contributed by atoms with Crippen LogP contribution in [0.15, 0.2) is 30.6 Å². The van der Waals surface area contributed by atoms with E-state index in [1.807, 2.05) is 6.07 Å². The van der Waals surface area contributed by atoms with Crippen molar-refractivity contribution in [1.29, 1.82) is 0 Å². The molecule has 1 aromatic heterocycles. The lowest BCUT2D eigenvalue weighted by molar-refractivity contribution is 0.0718. The fourth-order valence-corrected chi connectivity index (χ4v) is 2.70. The van der Waals surface area contributed by atoms with E-state index in [0.29, 0.717) is 16.6 Å². The van der Waals surface area contributed by atoms with Crippen LogP contribution in [0.2, 0.25) is 0 Å². The average molecular weight is 271 g/mol. The first-order valence-corrected chi connectivity index (χ1v) is 6.94. The van der Waals surface area contributed by atoms with Crippen LogP contribution < -0.4 is 5.32 Å². The summed E-state index contributed by atoms with van der Waals surface area (Å²) in [6.45, 7) is 0. The van der Waals surface area contributed by atoms with Crippen LogP contribution in [0.4, 0.5) is 0 Å². The third kappa shape index (κ3) is 2.49. The molecule has 0 bridgehead atoms. The Hall–Kier alpha value is -2.01. The Kier molecular flexibility index (Phi) is 3.60. The Balaban J connectivity index is 1.85. The predicted octanol–water partition coefficient (Wildman–Crippen LogP) is 1.66. The SMILES string of the molecule is O=C(N[C@@H]1CCCC[C@H]1O)c1cccc2nccnc12. The molecule has 0 aliphatic heterocycles. The van der Waals surface area contributed by atoms with E-state index in [4.69, 9.17) is 0 Å². The monoisotopic (exact) mass is 271 g/mol. The second-order valence-corrected chi connectivity index (χ2v) is 5.16. The van der Waals surface area contributed by atoms with Crippen molar-refractivity contribution in [2.24, 2.45) is 0 Å². The van der Waals surface area contributed by atoms with E-state index in [9.17, 15) is 9.90 Å². The fraction of sp³-hybridized carbons (Fsp3) is 0.400. The minimum atomic E-state index is -0.450. The molecule has 1 saturated carbocycles. The number of hydrogen-bond donors (Lipinski definition) is 2. The van der Waals surface area contributed by atoms with Crippen molar-refractivity contribution in [3.8, 4) is 0 Å². The van der Waals surface area contributed by atoms with Crippen molar-refractivity contribution in [2.45, 2.75) is 37.8 Å². The highest BCUT2D eigenvalue weighted by atomic mass is 16.3. The summed E-state index contributed by atoms with van der Waals surface area (Å²) < 4.78 is 0. The van der Waals surface area contributed by atoms with Crippen LogP contribution in [0, 0.1) is 0 Å². The smallest absolute Gasteiger partial charge is 0.253 e. The van der Waals surface area contributed by atoms with Gasteiger partial charge in [-0.1, -0.05) is 18.9 Å². The molecule has 104 valence electrons. The summed E-state index contributed by atoms with van der Waals surface area (Å²) in [4.78, 5) is 20.8. The van der Waals surface area contributed by atoms with Crippen LogP contribution in [0.25, 0.3) is 11.0 Å². The minimum absolute atomic E-state index is 0.164. The molecule has 5 heteroatoms. The van der Waals surface area contributed by atoms with Gasteiger partial charge in [0, 0.05) is 12.4 Å². The molecule has 5 nitrogen and oxygen atoms in total. The lowest BCUT2D eigenvalue weighted by Gasteiger charge is -2.28. The van der Waals surface area contributed by atoms with Gasteiger partial charge < -0.3 is 10.4 Å².